The van der Waals surface area contributed by atoms with E-state index < -0.39 is 0 Å². The van der Waals surface area contributed by atoms with Crippen LogP contribution in [0.5, 0.6) is 0 Å². The van der Waals surface area contributed by atoms with Crippen molar-refractivity contribution < 1.29 is 0 Å². The maximum Gasteiger partial charge on any atom is 0.177 e. The monoisotopic (exact) mass is 274 g/mol. The molecule has 1 aromatic carbocycles. The Balaban J connectivity index is 1.86. The lowest BCUT2D eigenvalue weighted by Crippen LogP contribution is -2.40. The van der Waals surface area contributed by atoms with Crippen molar-refractivity contribution in [3.63, 3.8) is 0 Å². The van der Waals surface area contributed by atoms with E-state index in [1.165, 1.54) is 5.56 Å². The summed E-state index contributed by atoms with van der Waals surface area (Å²) in [5, 5.41) is 9.21. The van der Waals surface area contributed by atoms with Gasteiger partial charge in [-0.3, -0.25) is 9.69 Å². The van der Waals surface area contributed by atoms with Gasteiger partial charge >= 0.3 is 0 Å². The average molecular weight is 274 g/mol. The number of amidine groups is 1. The molecule has 7 heteroatoms. The lowest BCUT2D eigenvalue weighted by Gasteiger charge is -2.18. The zero-order valence-electron chi connectivity index (χ0n) is 10.4. The van der Waals surface area contributed by atoms with Crippen LogP contribution < -0.4 is 11.1 Å². The van der Waals surface area contributed by atoms with Gasteiger partial charge < -0.3 is 5.10 Å². The second-order valence-corrected chi connectivity index (χ2v) is 4.67. The van der Waals surface area contributed by atoms with Gasteiger partial charge in [-0.2, -0.15) is 0 Å². The molecule has 0 fully saturated rings. The predicted octanol–water partition coefficient (Wildman–Crippen LogP) is 1.27. The first kappa shape index (κ1) is 11.9. The van der Waals surface area contributed by atoms with E-state index in [4.69, 9.17) is 12.2 Å². The smallest absolute Gasteiger partial charge is 0.177 e. The van der Waals surface area contributed by atoms with Gasteiger partial charge in [-0.1, -0.05) is 42.5 Å². The standard InChI is InChI=1S/C12H14N6S/c1-17-12(19)10(7-13-17)11-14-15-16-18(11)8-9-5-3-2-4-6-9/h2-7,13,15-16H,8H2,1H3. The first-order chi connectivity index (χ1) is 9.25. The summed E-state index contributed by atoms with van der Waals surface area (Å²) in [6, 6.07) is 10.2. The van der Waals surface area contributed by atoms with E-state index in [9.17, 15) is 0 Å². The first-order valence-electron chi connectivity index (χ1n) is 5.90. The molecular formula is C12H14N6S. The average Bonchev–Trinajstić information content (AvgIpc) is 2.99. The van der Waals surface area contributed by atoms with Gasteiger partial charge in [-0.15, -0.1) is 10.6 Å². The Morgan fingerprint density at radius 2 is 2.05 bits per heavy atom. The van der Waals surface area contributed by atoms with Crippen LogP contribution in [0.15, 0.2) is 41.6 Å². The van der Waals surface area contributed by atoms with Gasteiger partial charge in [0.15, 0.2) is 5.84 Å². The number of hydrazone groups is 1. The summed E-state index contributed by atoms with van der Waals surface area (Å²) in [6.45, 7) is 0.705. The highest BCUT2D eigenvalue weighted by atomic mass is 32.1. The summed E-state index contributed by atoms with van der Waals surface area (Å²) in [6.07, 6.45) is 1.86. The summed E-state index contributed by atoms with van der Waals surface area (Å²) in [7, 11) is 1.88. The number of nitrogens with one attached hydrogen (secondary N) is 3. The molecular weight excluding hydrogens is 260 g/mol. The van der Waals surface area contributed by atoms with Gasteiger partial charge in [0.2, 0.25) is 0 Å². The molecule has 0 atom stereocenters. The van der Waals surface area contributed by atoms with Crippen molar-refractivity contribution in [2.45, 2.75) is 6.54 Å². The van der Waals surface area contributed by atoms with Crippen molar-refractivity contribution in [2.75, 3.05) is 0 Å². The molecule has 19 heavy (non-hydrogen) atoms. The number of nitrogens with zero attached hydrogens (tertiary/aromatic N) is 3. The molecule has 1 aliphatic heterocycles. The summed E-state index contributed by atoms with van der Waals surface area (Å²) < 4.78 is 2.51. The van der Waals surface area contributed by atoms with Crippen LogP contribution in [0.25, 0.3) is 0 Å². The second kappa shape index (κ2) is 4.87. The minimum atomic E-state index is 0.705. The molecule has 1 aromatic heterocycles. The van der Waals surface area contributed by atoms with Crippen LogP contribution in [0.2, 0.25) is 0 Å². The fourth-order valence-electron chi connectivity index (χ4n) is 1.96. The highest BCUT2D eigenvalue weighted by molar-refractivity contribution is 7.71. The molecule has 0 unspecified atom stereocenters. The van der Waals surface area contributed by atoms with Crippen LogP contribution in [-0.4, -0.2) is 20.6 Å². The molecule has 0 saturated carbocycles. The maximum atomic E-state index is 5.35. The third kappa shape index (κ3) is 2.25. The third-order valence-corrected chi connectivity index (χ3v) is 3.46. The van der Waals surface area contributed by atoms with Gasteiger partial charge in [0, 0.05) is 13.2 Å². The van der Waals surface area contributed by atoms with Crippen LogP contribution in [0.4, 0.5) is 0 Å². The van der Waals surface area contributed by atoms with Crippen molar-refractivity contribution in [3.05, 3.63) is 52.3 Å². The zero-order chi connectivity index (χ0) is 13.2. The Bertz CT molecular complexity index is 656. The fraction of sp³-hybridized carbons (Fsp3) is 0.167. The quantitative estimate of drug-likeness (QED) is 0.738. The predicted molar refractivity (Wildman–Crippen MR) is 75.4 cm³/mol. The normalized spacial score (nSPS) is 14.4. The SMILES string of the molecule is Cn1[nH]cc(C2=NNNN2Cc2ccccc2)c1=S. The zero-order valence-corrected chi connectivity index (χ0v) is 11.2. The molecule has 0 saturated heterocycles. The molecule has 98 valence electrons. The van der Waals surface area contributed by atoms with E-state index >= 15 is 0 Å². The number of aromatic nitrogens is 2. The van der Waals surface area contributed by atoms with Gasteiger partial charge in [0.1, 0.15) is 4.64 Å². The molecule has 1 aliphatic rings. The van der Waals surface area contributed by atoms with Gasteiger partial charge in [0.05, 0.1) is 12.1 Å². The molecule has 0 amide bonds. The molecule has 2 heterocycles. The number of rotatable bonds is 3. The van der Waals surface area contributed by atoms with Crippen LogP contribution in [0, 0.1) is 4.64 Å². The van der Waals surface area contributed by atoms with E-state index in [0.717, 1.165) is 16.0 Å². The van der Waals surface area contributed by atoms with Crippen LogP contribution in [-0.2, 0) is 13.6 Å². The molecule has 2 aromatic rings. The Morgan fingerprint density at radius 3 is 2.74 bits per heavy atom. The topological polar surface area (TPSA) is 60.4 Å². The van der Waals surface area contributed by atoms with E-state index in [1.807, 2.05) is 36.5 Å². The molecule has 0 bridgehead atoms. The summed E-state index contributed by atoms with van der Waals surface area (Å²) in [5.41, 5.74) is 7.86. The number of aromatic amines is 1. The van der Waals surface area contributed by atoms with E-state index in [1.54, 1.807) is 4.68 Å². The van der Waals surface area contributed by atoms with Crippen LogP contribution >= 0.6 is 12.2 Å². The Kier molecular flexibility index (Phi) is 3.06. The molecule has 0 radical (unpaired) electrons. The molecule has 3 rings (SSSR count). The maximum absolute atomic E-state index is 5.35. The van der Waals surface area contributed by atoms with Crippen molar-refractivity contribution in [1.82, 2.24) is 25.9 Å². The number of H-pyrrole nitrogens is 1. The van der Waals surface area contributed by atoms with E-state index in [0.29, 0.717) is 6.54 Å². The van der Waals surface area contributed by atoms with E-state index in [-0.39, 0.29) is 0 Å². The van der Waals surface area contributed by atoms with Crippen LogP contribution in [0.1, 0.15) is 11.1 Å². The van der Waals surface area contributed by atoms with Crippen molar-refractivity contribution in [3.8, 4) is 0 Å². The minimum Gasteiger partial charge on any atom is -0.304 e. The van der Waals surface area contributed by atoms with Gasteiger partial charge in [-0.05, 0) is 5.56 Å². The van der Waals surface area contributed by atoms with Crippen molar-refractivity contribution >= 4 is 18.1 Å². The number of hydrogen-bond donors (Lipinski definition) is 3. The molecule has 0 aliphatic carbocycles. The molecule has 6 nitrogen and oxygen atoms in total. The van der Waals surface area contributed by atoms with Crippen molar-refractivity contribution in [2.24, 2.45) is 12.1 Å². The lowest BCUT2D eigenvalue weighted by atomic mass is 10.2. The Hall–Kier alpha value is -2.12. The number of hydrogen-bond acceptors (Lipinski definition) is 5. The summed E-state index contributed by atoms with van der Waals surface area (Å²) >= 11 is 5.35. The van der Waals surface area contributed by atoms with E-state index in [2.05, 4.69) is 33.4 Å². The first-order valence-corrected chi connectivity index (χ1v) is 6.31. The summed E-state index contributed by atoms with van der Waals surface area (Å²) in [4.78, 5) is 0. The summed E-state index contributed by atoms with van der Waals surface area (Å²) in [5.74, 6) is 0.783. The lowest BCUT2D eigenvalue weighted by molar-refractivity contribution is 0.288. The van der Waals surface area contributed by atoms with Gasteiger partial charge in [-0.25, -0.2) is 5.53 Å². The second-order valence-electron chi connectivity index (χ2n) is 4.28. The number of benzene rings is 1. The van der Waals surface area contributed by atoms with Crippen LogP contribution in [0.3, 0.4) is 0 Å². The molecule has 3 N–H and O–H groups in total. The Morgan fingerprint density at radius 1 is 1.26 bits per heavy atom. The number of hydrazine groups is 2. The third-order valence-electron chi connectivity index (χ3n) is 2.96. The highest BCUT2D eigenvalue weighted by Gasteiger charge is 2.21. The minimum absolute atomic E-state index is 0.705. The molecule has 0 spiro atoms. The van der Waals surface area contributed by atoms with Crippen molar-refractivity contribution in [1.29, 1.82) is 0 Å². The Labute approximate surface area is 115 Å². The highest BCUT2D eigenvalue weighted by Crippen LogP contribution is 2.11. The number of aryl methyl sites for hydroxylation is 1. The fourth-order valence-corrected chi connectivity index (χ4v) is 2.16. The largest absolute Gasteiger partial charge is 0.304 e. The van der Waals surface area contributed by atoms with Gasteiger partial charge in [0.25, 0.3) is 0 Å².